The molecule has 1 heteroatoms. The first-order valence-electron chi connectivity index (χ1n) is 6.60. The van der Waals surface area contributed by atoms with E-state index in [9.17, 15) is 5.11 Å². The normalized spacial score (nSPS) is 37.9. The van der Waals surface area contributed by atoms with E-state index in [1.54, 1.807) is 11.1 Å². The predicted octanol–water partition coefficient (Wildman–Crippen LogP) is 3.37. The smallest absolute Gasteiger partial charge is 0.0549 e. The Hall–Kier alpha value is -0.820. The lowest BCUT2D eigenvalue weighted by Gasteiger charge is -2.30. The highest BCUT2D eigenvalue weighted by atomic mass is 16.3. The zero-order valence-electron chi connectivity index (χ0n) is 9.73. The van der Waals surface area contributed by atoms with Crippen molar-refractivity contribution >= 4 is 0 Å². The number of rotatable bonds is 0. The van der Waals surface area contributed by atoms with Crippen LogP contribution in [-0.2, 0) is 0 Å². The highest BCUT2D eigenvalue weighted by Gasteiger charge is 2.30. The first kappa shape index (κ1) is 10.3. The quantitative estimate of drug-likeness (QED) is 0.658. The lowest BCUT2D eigenvalue weighted by Crippen LogP contribution is -2.22. The van der Waals surface area contributed by atoms with E-state index in [1.807, 2.05) is 0 Å². The molecule has 3 aliphatic carbocycles. The van der Waals surface area contributed by atoms with Crippen LogP contribution in [0.5, 0.6) is 0 Å². The number of hydrogen-bond donors (Lipinski definition) is 1. The van der Waals surface area contributed by atoms with Gasteiger partial charge in [0.15, 0.2) is 0 Å². The molecule has 3 aliphatic rings. The summed E-state index contributed by atoms with van der Waals surface area (Å²) < 4.78 is 0. The van der Waals surface area contributed by atoms with E-state index in [-0.39, 0.29) is 6.10 Å². The van der Waals surface area contributed by atoms with Gasteiger partial charge in [-0.05, 0) is 43.6 Å². The van der Waals surface area contributed by atoms with E-state index in [4.69, 9.17) is 0 Å². The van der Waals surface area contributed by atoms with Crippen LogP contribution < -0.4 is 0 Å². The van der Waals surface area contributed by atoms with Crippen LogP contribution in [0.4, 0.5) is 0 Å². The third-order valence-electron chi connectivity index (χ3n) is 4.36. The fraction of sp³-hybridized carbons (Fsp3) is 0.600. The summed E-state index contributed by atoms with van der Waals surface area (Å²) in [5.74, 6) is 1.33. The summed E-state index contributed by atoms with van der Waals surface area (Å²) in [6.07, 6.45) is 16.0. The molecule has 0 radical (unpaired) electrons. The molecule has 1 N–H and O–H groups in total. The van der Waals surface area contributed by atoms with Crippen LogP contribution in [0.15, 0.2) is 35.5 Å². The molecular formula is C15H20O. The monoisotopic (exact) mass is 216 g/mol. The van der Waals surface area contributed by atoms with Crippen LogP contribution >= 0.6 is 0 Å². The Morgan fingerprint density at radius 3 is 3.00 bits per heavy atom. The Morgan fingerprint density at radius 2 is 2.06 bits per heavy atom. The molecule has 1 nitrogen and oxygen atoms in total. The minimum Gasteiger partial charge on any atom is -0.393 e. The van der Waals surface area contributed by atoms with E-state index >= 15 is 0 Å². The van der Waals surface area contributed by atoms with Crippen molar-refractivity contribution < 1.29 is 5.11 Å². The summed E-state index contributed by atoms with van der Waals surface area (Å²) in [5.41, 5.74) is 3.24. The molecule has 86 valence electrons. The van der Waals surface area contributed by atoms with Gasteiger partial charge in [0.25, 0.3) is 0 Å². The molecule has 0 heterocycles. The van der Waals surface area contributed by atoms with E-state index in [0.29, 0.717) is 11.8 Å². The first-order chi connectivity index (χ1) is 7.84. The molecule has 0 aromatic carbocycles. The number of aliphatic hydroxyl groups is 1. The highest BCUT2D eigenvalue weighted by Crippen LogP contribution is 2.42. The van der Waals surface area contributed by atoms with Crippen LogP contribution in [0, 0.1) is 11.8 Å². The van der Waals surface area contributed by atoms with Gasteiger partial charge in [-0.3, -0.25) is 0 Å². The van der Waals surface area contributed by atoms with Crippen molar-refractivity contribution in [2.75, 3.05) is 0 Å². The van der Waals surface area contributed by atoms with Gasteiger partial charge >= 0.3 is 0 Å². The molecule has 0 aromatic rings. The van der Waals surface area contributed by atoms with Crippen molar-refractivity contribution in [1.29, 1.82) is 0 Å². The van der Waals surface area contributed by atoms with Crippen molar-refractivity contribution in [1.82, 2.24) is 0 Å². The first-order valence-corrected chi connectivity index (χ1v) is 6.60. The summed E-state index contributed by atoms with van der Waals surface area (Å²) in [5, 5.41) is 9.78. The second-order valence-electron chi connectivity index (χ2n) is 5.39. The molecule has 0 amide bonds. The van der Waals surface area contributed by atoms with Gasteiger partial charge in [-0.25, -0.2) is 0 Å². The van der Waals surface area contributed by atoms with Gasteiger partial charge in [0.2, 0.25) is 0 Å². The van der Waals surface area contributed by atoms with Gasteiger partial charge in [-0.1, -0.05) is 36.3 Å². The molecule has 0 spiro atoms. The SMILES string of the molecule is OC1CCC2=C3C=CC=CC3CCCC2C1. The molecule has 0 saturated heterocycles. The predicted molar refractivity (Wildman–Crippen MR) is 66.0 cm³/mol. The number of fused-ring (bicyclic) bond motifs is 2. The lowest BCUT2D eigenvalue weighted by atomic mass is 9.77. The summed E-state index contributed by atoms with van der Waals surface area (Å²) in [4.78, 5) is 0. The molecule has 1 fully saturated rings. The third-order valence-corrected chi connectivity index (χ3v) is 4.36. The molecule has 0 aromatic heterocycles. The van der Waals surface area contributed by atoms with Gasteiger partial charge in [-0.2, -0.15) is 0 Å². The standard InChI is InChI=1S/C15H20O/c16-13-8-9-15-12(10-13)6-3-5-11-4-1-2-7-14(11)15/h1-2,4,7,11-13,16H,3,5-6,8-10H2. The van der Waals surface area contributed by atoms with Crippen LogP contribution in [0.1, 0.15) is 38.5 Å². The molecule has 1 saturated carbocycles. The van der Waals surface area contributed by atoms with Crippen molar-refractivity contribution in [2.45, 2.75) is 44.6 Å². The van der Waals surface area contributed by atoms with E-state index in [0.717, 1.165) is 19.3 Å². The van der Waals surface area contributed by atoms with Crippen LogP contribution in [-0.4, -0.2) is 11.2 Å². The molecule has 0 bridgehead atoms. The van der Waals surface area contributed by atoms with Gasteiger partial charge in [0, 0.05) is 5.92 Å². The maximum absolute atomic E-state index is 9.78. The topological polar surface area (TPSA) is 20.2 Å². The zero-order chi connectivity index (χ0) is 11.0. The van der Waals surface area contributed by atoms with Crippen molar-refractivity contribution in [2.24, 2.45) is 11.8 Å². The zero-order valence-corrected chi connectivity index (χ0v) is 9.73. The summed E-state index contributed by atoms with van der Waals surface area (Å²) >= 11 is 0. The summed E-state index contributed by atoms with van der Waals surface area (Å²) in [7, 11) is 0. The Bertz CT molecular complexity index is 362. The minimum atomic E-state index is -0.0472. The van der Waals surface area contributed by atoms with Crippen LogP contribution in [0.2, 0.25) is 0 Å². The molecule has 3 rings (SSSR count). The molecule has 3 atom stereocenters. The van der Waals surface area contributed by atoms with E-state index in [2.05, 4.69) is 24.3 Å². The average Bonchev–Trinajstić information content (AvgIpc) is 2.47. The Labute approximate surface area is 97.6 Å². The van der Waals surface area contributed by atoms with Crippen molar-refractivity contribution in [3.63, 3.8) is 0 Å². The molecule has 3 unspecified atom stereocenters. The second-order valence-corrected chi connectivity index (χ2v) is 5.39. The van der Waals surface area contributed by atoms with Gasteiger partial charge in [0.05, 0.1) is 6.10 Å². The van der Waals surface area contributed by atoms with E-state index in [1.165, 1.54) is 19.3 Å². The molecular weight excluding hydrogens is 196 g/mol. The third kappa shape index (κ3) is 1.78. The lowest BCUT2D eigenvalue weighted by molar-refractivity contribution is 0.120. The maximum Gasteiger partial charge on any atom is 0.0549 e. The van der Waals surface area contributed by atoms with Gasteiger partial charge < -0.3 is 5.11 Å². The minimum absolute atomic E-state index is 0.0472. The van der Waals surface area contributed by atoms with Gasteiger partial charge in [-0.15, -0.1) is 0 Å². The van der Waals surface area contributed by atoms with E-state index < -0.39 is 0 Å². The Balaban J connectivity index is 1.96. The van der Waals surface area contributed by atoms with Crippen molar-refractivity contribution in [3.05, 3.63) is 35.5 Å². The second kappa shape index (κ2) is 4.21. The fourth-order valence-corrected chi connectivity index (χ4v) is 3.55. The Morgan fingerprint density at radius 1 is 1.12 bits per heavy atom. The Kier molecular flexibility index (Phi) is 2.72. The number of aliphatic hydroxyl groups excluding tert-OH is 1. The maximum atomic E-state index is 9.78. The largest absolute Gasteiger partial charge is 0.393 e. The fourth-order valence-electron chi connectivity index (χ4n) is 3.55. The average molecular weight is 216 g/mol. The highest BCUT2D eigenvalue weighted by molar-refractivity contribution is 5.39. The van der Waals surface area contributed by atoms with Crippen LogP contribution in [0.25, 0.3) is 0 Å². The van der Waals surface area contributed by atoms with Crippen LogP contribution in [0.3, 0.4) is 0 Å². The number of allylic oxidation sites excluding steroid dienone is 6. The number of hydrogen-bond acceptors (Lipinski definition) is 1. The van der Waals surface area contributed by atoms with Crippen molar-refractivity contribution in [3.8, 4) is 0 Å². The molecule has 0 aliphatic heterocycles. The molecule has 16 heavy (non-hydrogen) atoms. The summed E-state index contributed by atoms with van der Waals surface area (Å²) in [6, 6.07) is 0. The van der Waals surface area contributed by atoms with Gasteiger partial charge in [0.1, 0.15) is 0 Å². The summed E-state index contributed by atoms with van der Waals surface area (Å²) in [6.45, 7) is 0.